The molecule has 0 aromatic heterocycles. The van der Waals surface area contributed by atoms with Crippen LogP contribution in [-0.2, 0) is 38.5 Å². The van der Waals surface area contributed by atoms with Gasteiger partial charge in [0.2, 0.25) is 0 Å². The minimum atomic E-state index is 0.953. The van der Waals surface area contributed by atoms with Gasteiger partial charge < -0.3 is 0 Å². The number of hydrogen-bond donors (Lipinski definition) is 0. The highest BCUT2D eigenvalue weighted by molar-refractivity contribution is 6.04. The van der Waals surface area contributed by atoms with Crippen LogP contribution in [0.1, 0.15) is 191 Å². The third kappa shape index (κ3) is 13.6. The summed E-state index contributed by atoms with van der Waals surface area (Å²) in [5, 5.41) is 0. The first-order valence-electron chi connectivity index (χ1n) is 19.5. The maximum absolute atomic E-state index is 5.40. The molecule has 0 heterocycles. The van der Waals surface area contributed by atoms with E-state index in [1.54, 1.807) is 33.4 Å². The standard InChI is InChI=1S/C44H71N/c1-9-16-21-23-28-42-37(14-6)31-36(32-38(42)25-18-11-3)30-35(8)44(15-7)45-41-33-39(26-19-12-4)43(29-24-22-17-10-2)40(34-41)27-20-13-5/h30-34H,9-29H2,1-8H3. The predicted molar refractivity (Wildman–Crippen MR) is 205 cm³/mol. The number of allylic oxidation sites excluding steroid dienone is 1. The van der Waals surface area contributed by atoms with E-state index in [0.29, 0.717) is 0 Å². The minimum Gasteiger partial charge on any atom is -0.253 e. The molecule has 0 amide bonds. The lowest BCUT2D eigenvalue weighted by Gasteiger charge is -2.18. The zero-order chi connectivity index (χ0) is 32.9. The second-order valence-corrected chi connectivity index (χ2v) is 13.6. The van der Waals surface area contributed by atoms with E-state index in [9.17, 15) is 0 Å². The van der Waals surface area contributed by atoms with E-state index < -0.39 is 0 Å². The van der Waals surface area contributed by atoms with Gasteiger partial charge in [-0.25, -0.2) is 0 Å². The molecule has 2 rings (SSSR count). The molecule has 0 saturated carbocycles. The van der Waals surface area contributed by atoms with Crippen molar-refractivity contribution >= 4 is 17.5 Å². The molecule has 0 spiro atoms. The monoisotopic (exact) mass is 614 g/mol. The molecule has 0 N–H and O–H groups in total. The van der Waals surface area contributed by atoms with E-state index >= 15 is 0 Å². The van der Waals surface area contributed by atoms with Crippen LogP contribution >= 0.6 is 0 Å². The maximum atomic E-state index is 5.40. The maximum Gasteiger partial charge on any atom is 0.0638 e. The van der Waals surface area contributed by atoms with Gasteiger partial charge >= 0.3 is 0 Å². The summed E-state index contributed by atoms with van der Waals surface area (Å²) in [4.78, 5) is 5.40. The Hall–Kier alpha value is -2.15. The lowest BCUT2D eigenvalue weighted by Crippen LogP contribution is -2.04. The third-order valence-corrected chi connectivity index (χ3v) is 9.65. The molecular weight excluding hydrogens is 542 g/mol. The Morgan fingerprint density at radius 3 is 1.40 bits per heavy atom. The quantitative estimate of drug-likeness (QED) is 0.0825. The fraction of sp³-hybridized carbons (Fsp3) is 0.659. The zero-order valence-corrected chi connectivity index (χ0v) is 31.2. The first-order chi connectivity index (χ1) is 22.0. The van der Waals surface area contributed by atoms with Crippen molar-refractivity contribution in [3.63, 3.8) is 0 Å². The van der Waals surface area contributed by atoms with Crippen LogP contribution in [0.4, 0.5) is 5.69 Å². The first-order valence-corrected chi connectivity index (χ1v) is 19.5. The summed E-state index contributed by atoms with van der Waals surface area (Å²) in [5.41, 5.74) is 14.7. The molecule has 2 aromatic carbocycles. The summed E-state index contributed by atoms with van der Waals surface area (Å²) in [7, 11) is 0. The summed E-state index contributed by atoms with van der Waals surface area (Å²) in [6.45, 7) is 18.5. The Kier molecular flexibility index (Phi) is 20.1. The molecule has 2 aromatic rings. The van der Waals surface area contributed by atoms with E-state index in [0.717, 1.165) is 12.8 Å². The van der Waals surface area contributed by atoms with Crippen molar-refractivity contribution in [1.82, 2.24) is 0 Å². The van der Waals surface area contributed by atoms with E-state index in [-0.39, 0.29) is 0 Å². The molecule has 0 saturated heterocycles. The summed E-state index contributed by atoms with van der Waals surface area (Å²) >= 11 is 0. The molecule has 0 unspecified atom stereocenters. The highest BCUT2D eigenvalue weighted by atomic mass is 14.7. The van der Waals surface area contributed by atoms with E-state index in [1.165, 1.54) is 145 Å². The Balaban J connectivity index is 2.51. The van der Waals surface area contributed by atoms with Crippen molar-refractivity contribution in [2.75, 3.05) is 0 Å². The summed E-state index contributed by atoms with van der Waals surface area (Å²) in [6.07, 6.45) is 28.7. The van der Waals surface area contributed by atoms with Crippen LogP contribution < -0.4 is 0 Å². The topological polar surface area (TPSA) is 12.4 Å². The van der Waals surface area contributed by atoms with Crippen molar-refractivity contribution in [3.8, 4) is 0 Å². The van der Waals surface area contributed by atoms with E-state index in [2.05, 4.69) is 85.7 Å². The molecular formula is C44H71N. The number of aliphatic imine (C=N–C) groups is 1. The van der Waals surface area contributed by atoms with Gasteiger partial charge in [-0.05, 0) is 141 Å². The van der Waals surface area contributed by atoms with Gasteiger partial charge in [0.05, 0.1) is 5.69 Å². The van der Waals surface area contributed by atoms with Gasteiger partial charge in [0.25, 0.3) is 0 Å². The second kappa shape index (κ2) is 23.2. The molecule has 1 nitrogen and oxygen atoms in total. The van der Waals surface area contributed by atoms with Crippen LogP contribution in [-0.4, -0.2) is 5.71 Å². The number of benzene rings is 2. The largest absolute Gasteiger partial charge is 0.253 e. The molecule has 0 bridgehead atoms. The molecule has 1 heteroatoms. The molecule has 0 fully saturated rings. The second-order valence-electron chi connectivity index (χ2n) is 13.6. The van der Waals surface area contributed by atoms with Gasteiger partial charge in [0, 0.05) is 5.71 Å². The Morgan fingerprint density at radius 1 is 0.511 bits per heavy atom. The number of aryl methyl sites for hydroxylation is 4. The molecule has 45 heavy (non-hydrogen) atoms. The lowest BCUT2D eigenvalue weighted by molar-refractivity contribution is 0.657. The summed E-state index contributed by atoms with van der Waals surface area (Å²) in [5.74, 6) is 0. The highest BCUT2D eigenvalue weighted by Gasteiger charge is 2.13. The Labute approximate surface area is 280 Å². The van der Waals surface area contributed by atoms with Gasteiger partial charge in [-0.2, -0.15) is 0 Å². The van der Waals surface area contributed by atoms with Crippen molar-refractivity contribution < 1.29 is 0 Å². The van der Waals surface area contributed by atoms with Gasteiger partial charge in [-0.3, -0.25) is 4.99 Å². The van der Waals surface area contributed by atoms with Crippen LogP contribution in [0.15, 0.2) is 34.8 Å². The number of unbranched alkanes of at least 4 members (excludes halogenated alkanes) is 9. The number of hydrogen-bond acceptors (Lipinski definition) is 1. The number of rotatable bonds is 24. The van der Waals surface area contributed by atoms with Crippen molar-refractivity contribution in [1.29, 1.82) is 0 Å². The van der Waals surface area contributed by atoms with Crippen LogP contribution in [0, 0.1) is 0 Å². The van der Waals surface area contributed by atoms with Crippen molar-refractivity contribution in [3.05, 3.63) is 68.8 Å². The molecule has 0 aliphatic carbocycles. The van der Waals surface area contributed by atoms with Crippen LogP contribution in [0.25, 0.3) is 6.08 Å². The van der Waals surface area contributed by atoms with E-state index in [4.69, 9.17) is 4.99 Å². The van der Waals surface area contributed by atoms with Crippen molar-refractivity contribution in [2.24, 2.45) is 4.99 Å². The highest BCUT2D eigenvalue weighted by Crippen LogP contribution is 2.30. The normalized spacial score (nSPS) is 12.4. The molecule has 0 aliphatic heterocycles. The fourth-order valence-electron chi connectivity index (χ4n) is 6.87. The van der Waals surface area contributed by atoms with Crippen LogP contribution in [0.3, 0.4) is 0 Å². The average Bonchev–Trinajstić information content (AvgIpc) is 3.05. The summed E-state index contributed by atoms with van der Waals surface area (Å²) < 4.78 is 0. The van der Waals surface area contributed by atoms with E-state index in [1.807, 2.05) is 0 Å². The van der Waals surface area contributed by atoms with Gasteiger partial charge in [0.15, 0.2) is 0 Å². The molecule has 0 atom stereocenters. The predicted octanol–water partition coefficient (Wildman–Crippen LogP) is 14.1. The van der Waals surface area contributed by atoms with Gasteiger partial charge in [0.1, 0.15) is 0 Å². The summed E-state index contributed by atoms with van der Waals surface area (Å²) in [6, 6.07) is 9.91. The average molecular weight is 614 g/mol. The fourth-order valence-corrected chi connectivity index (χ4v) is 6.87. The van der Waals surface area contributed by atoms with Gasteiger partial charge in [-0.15, -0.1) is 0 Å². The molecule has 0 aliphatic rings. The van der Waals surface area contributed by atoms with Crippen LogP contribution in [0.5, 0.6) is 0 Å². The lowest BCUT2D eigenvalue weighted by atomic mass is 9.89. The van der Waals surface area contributed by atoms with Gasteiger partial charge in [-0.1, -0.05) is 124 Å². The van der Waals surface area contributed by atoms with Crippen molar-refractivity contribution in [2.45, 2.75) is 190 Å². The van der Waals surface area contributed by atoms with Crippen LogP contribution in [0.2, 0.25) is 0 Å². The zero-order valence-electron chi connectivity index (χ0n) is 31.2. The Morgan fingerprint density at radius 2 is 0.956 bits per heavy atom. The Bertz CT molecular complexity index is 1130. The molecule has 0 radical (unpaired) electrons. The number of nitrogens with zero attached hydrogens (tertiary/aromatic N) is 1. The third-order valence-electron chi connectivity index (χ3n) is 9.65. The molecule has 252 valence electrons. The first kappa shape index (κ1) is 39.0. The smallest absolute Gasteiger partial charge is 0.0638 e. The minimum absolute atomic E-state index is 0.953. The SMILES string of the molecule is CCCCCCc1c(CC)cc(C=C(C)C(CC)=Nc2cc(CCCC)c(CCCCCC)c(CCCC)c2)cc1CCCC.